The molecule has 3 aromatic rings. The maximum absolute atomic E-state index is 12.8. The molecule has 0 bridgehead atoms. The Kier molecular flexibility index (Phi) is 11.8. The summed E-state index contributed by atoms with van der Waals surface area (Å²) in [7, 11) is 1.25. The zero-order chi connectivity index (χ0) is 34.1. The highest BCUT2D eigenvalue weighted by Gasteiger charge is 2.26. The number of amides is 3. The summed E-state index contributed by atoms with van der Waals surface area (Å²) in [6.45, 7) is 10.4. The molecule has 0 radical (unpaired) electrons. The van der Waals surface area contributed by atoms with Gasteiger partial charge in [-0.15, -0.1) is 0 Å². The minimum absolute atomic E-state index is 0.174. The van der Waals surface area contributed by atoms with E-state index in [4.69, 9.17) is 9.47 Å². The number of pyridine rings is 1. The van der Waals surface area contributed by atoms with Crippen LogP contribution in [0.4, 0.5) is 4.79 Å². The van der Waals surface area contributed by atoms with Crippen LogP contribution >= 0.6 is 0 Å². The highest BCUT2D eigenvalue weighted by molar-refractivity contribution is 6.07. The SMILES string of the molecule is COC(=O)CNC(=O)c1ccnc2ccc(-c3ccc(C(=O)NCCCN(CC(=O)OC(C)(C)C)C(=O)OC(C)(C)C)cc3)cc12. The Labute approximate surface area is 268 Å². The highest BCUT2D eigenvalue weighted by atomic mass is 16.6. The number of nitrogens with one attached hydrogen (secondary N) is 2. The molecule has 3 amide bonds. The van der Waals surface area contributed by atoms with Gasteiger partial charge in [-0.1, -0.05) is 18.2 Å². The van der Waals surface area contributed by atoms with Crippen LogP contribution in [0.1, 0.15) is 68.7 Å². The average molecular weight is 635 g/mol. The zero-order valence-electron chi connectivity index (χ0n) is 27.4. The van der Waals surface area contributed by atoms with Gasteiger partial charge in [0.15, 0.2) is 0 Å². The molecule has 2 aromatic carbocycles. The van der Waals surface area contributed by atoms with Crippen LogP contribution in [-0.4, -0.2) is 84.2 Å². The lowest BCUT2D eigenvalue weighted by molar-refractivity contribution is -0.156. The molecule has 0 saturated heterocycles. The Balaban J connectivity index is 1.63. The van der Waals surface area contributed by atoms with Gasteiger partial charge in [0, 0.05) is 30.2 Å². The molecule has 0 atom stereocenters. The third kappa shape index (κ3) is 10.9. The molecule has 0 aliphatic carbocycles. The van der Waals surface area contributed by atoms with Crippen molar-refractivity contribution >= 4 is 40.7 Å². The van der Waals surface area contributed by atoms with Crippen molar-refractivity contribution in [2.75, 3.05) is 33.3 Å². The predicted molar refractivity (Wildman–Crippen MR) is 172 cm³/mol. The monoisotopic (exact) mass is 634 g/mol. The summed E-state index contributed by atoms with van der Waals surface area (Å²) >= 11 is 0. The molecule has 46 heavy (non-hydrogen) atoms. The van der Waals surface area contributed by atoms with Gasteiger partial charge in [0.25, 0.3) is 11.8 Å². The first-order valence-electron chi connectivity index (χ1n) is 14.9. The van der Waals surface area contributed by atoms with Crippen LogP contribution in [-0.2, 0) is 23.8 Å². The third-order valence-electron chi connectivity index (χ3n) is 6.37. The van der Waals surface area contributed by atoms with Gasteiger partial charge in [0.2, 0.25) is 0 Å². The summed E-state index contributed by atoms with van der Waals surface area (Å²) in [6.07, 6.45) is 1.27. The fourth-order valence-electron chi connectivity index (χ4n) is 4.32. The number of benzene rings is 2. The smallest absolute Gasteiger partial charge is 0.410 e. The maximum atomic E-state index is 12.8. The van der Waals surface area contributed by atoms with E-state index in [1.54, 1.807) is 77.9 Å². The number of hydrogen-bond acceptors (Lipinski definition) is 9. The second-order valence-corrected chi connectivity index (χ2v) is 12.5. The largest absolute Gasteiger partial charge is 0.468 e. The topological polar surface area (TPSA) is 153 Å². The van der Waals surface area contributed by atoms with Crippen LogP contribution in [0, 0.1) is 0 Å². The summed E-state index contributed by atoms with van der Waals surface area (Å²) in [5.74, 6) is -1.84. The van der Waals surface area contributed by atoms with E-state index in [2.05, 4.69) is 20.4 Å². The van der Waals surface area contributed by atoms with Gasteiger partial charge in [0.1, 0.15) is 24.3 Å². The van der Waals surface area contributed by atoms with E-state index in [0.29, 0.717) is 28.5 Å². The standard InChI is InChI=1S/C34H42N4O8/c1-33(2,3)45-29(40)21-38(32(43)46-34(4,5)6)18-8-16-36-30(41)23-11-9-22(10-12-23)24-13-14-27-26(19-24)25(15-17-35-27)31(42)37-20-28(39)44-7/h9-15,17,19H,8,16,18,20-21H2,1-7H3,(H,36,41)(H,37,42). The van der Waals surface area contributed by atoms with Gasteiger partial charge < -0.3 is 24.8 Å². The van der Waals surface area contributed by atoms with E-state index >= 15 is 0 Å². The maximum Gasteiger partial charge on any atom is 0.410 e. The normalized spacial score (nSPS) is 11.4. The Bertz CT molecular complexity index is 1570. The lowest BCUT2D eigenvalue weighted by atomic mass is 9.99. The van der Waals surface area contributed by atoms with Crippen molar-refractivity contribution in [3.63, 3.8) is 0 Å². The zero-order valence-corrected chi connectivity index (χ0v) is 27.4. The predicted octanol–water partition coefficient (Wildman–Crippen LogP) is 4.50. The Hall–Kier alpha value is -5.00. The van der Waals surface area contributed by atoms with Crippen molar-refractivity contribution in [2.45, 2.75) is 59.2 Å². The number of aromatic nitrogens is 1. The average Bonchev–Trinajstić information content (AvgIpc) is 2.98. The first-order chi connectivity index (χ1) is 21.6. The number of fused-ring (bicyclic) bond motifs is 1. The minimum atomic E-state index is -0.740. The molecule has 0 saturated carbocycles. The van der Waals surface area contributed by atoms with Crippen LogP contribution in [0.25, 0.3) is 22.0 Å². The lowest BCUT2D eigenvalue weighted by Gasteiger charge is -2.28. The molecule has 246 valence electrons. The molecule has 12 heteroatoms. The summed E-state index contributed by atoms with van der Waals surface area (Å²) in [4.78, 5) is 67.7. The molecular weight excluding hydrogens is 592 g/mol. The second kappa shape index (κ2) is 15.3. The molecule has 2 N–H and O–H groups in total. The molecule has 3 rings (SSSR count). The van der Waals surface area contributed by atoms with Crippen LogP contribution < -0.4 is 10.6 Å². The van der Waals surface area contributed by atoms with E-state index in [1.807, 2.05) is 12.1 Å². The summed E-state index contributed by atoms with van der Waals surface area (Å²) in [5, 5.41) is 6.00. The number of carbonyl (C=O) groups is 5. The van der Waals surface area contributed by atoms with Gasteiger partial charge in [0.05, 0.1) is 18.2 Å². The highest BCUT2D eigenvalue weighted by Crippen LogP contribution is 2.26. The number of nitrogens with zero attached hydrogens (tertiary/aromatic N) is 2. The molecule has 1 aromatic heterocycles. The molecule has 0 aliphatic rings. The van der Waals surface area contributed by atoms with Crippen molar-refractivity contribution in [1.82, 2.24) is 20.5 Å². The van der Waals surface area contributed by atoms with Crippen molar-refractivity contribution in [1.29, 1.82) is 0 Å². The van der Waals surface area contributed by atoms with E-state index in [9.17, 15) is 24.0 Å². The number of carbonyl (C=O) groups excluding carboxylic acids is 5. The van der Waals surface area contributed by atoms with Crippen molar-refractivity contribution < 1.29 is 38.2 Å². The van der Waals surface area contributed by atoms with Gasteiger partial charge in [-0.3, -0.25) is 29.1 Å². The lowest BCUT2D eigenvalue weighted by Crippen LogP contribution is -2.42. The number of rotatable bonds is 11. The van der Waals surface area contributed by atoms with Gasteiger partial charge >= 0.3 is 18.0 Å². The van der Waals surface area contributed by atoms with Crippen LogP contribution in [0.2, 0.25) is 0 Å². The van der Waals surface area contributed by atoms with Crippen LogP contribution in [0.5, 0.6) is 0 Å². The second-order valence-electron chi connectivity index (χ2n) is 12.5. The van der Waals surface area contributed by atoms with E-state index in [-0.39, 0.29) is 32.1 Å². The molecule has 0 fully saturated rings. The van der Waals surface area contributed by atoms with Crippen LogP contribution in [0.15, 0.2) is 54.7 Å². The fourth-order valence-corrected chi connectivity index (χ4v) is 4.32. The molecule has 1 heterocycles. The molecule has 0 aliphatic heterocycles. The molecule has 12 nitrogen and oxygen atoms in total. The van der Waals surface area contributed by atoms with Crippen LogP contribution in [0.3, 0.4) is 0 Å². The Morgan fingerprint density at radius 3 is 2.07 bits per heavy atom. The van der Waals surface area contributed by atoms with Gasteiger partial charge in [-0.2, -0.15) is 0 Å². The first kappa shape index (κ1) is 35.5. The Morgan fingerprint density at radius 1 is 0.783 bits per heavy atom. The van der Waals surface area contributed by atoms with Crippen molar-refractivity contribution in [3.05, 3.63) is 65.9 Å². The summed E-state index contributed by atoms with van der Waals surface area (Å²) in [5.41, 5.74) is 1.60. The number of methoxy groups -OCH3 is 1. The number of hydrogen-bond donors (Lipinski definition) is 2. The third-order valence-corrected chi connectivity index (χ3v) is 6.37. The van der Waals surface area contributed by atoms with Gasteiger partial charge in [-0.05, 0) is 89.4 Å². The quantitative estimate of drug-likeness (QED) is 0.176. The Morgan fingerprint density at radius 2 is 1.43 bits per heavy atom. The van der Waals surface area contributed by atoms with Crippen molar-refractivity contribution in [2.24, 2.45) is 0 Å². The number of ether oxygens (including phenoxy) is 3. The summed E-state index contributed by atoms with van der Waals surface area (Å²) in [6, 6.07) is 14.1. The van der Waals surface area contributed by atoms with E-state index in [0.717, 1.165) is 11.1 Å². The van der Waals surface area contributed by atoms with E-state index < -0.39 is 35.1 Å². The van der Waals surface area contributed by atoms with Gasteiger partial charge in [-0.25, -0.2) is 4.79 Å². The van der Waals surface area contributed by atoms with Crippen molar-refractivity contribution in [3.8, 4) is 11.1 Å². The fraction of sp³-hybridized carbons (Fsp3) is 0.412. The molecule has 0 spiro atoms. The molecular formula is C34H42N4O8. The number of esters is 2. The van der Waals surface area contributed by atoms with E-state index in [1.165, 1.54) is 18.2 Å². The first-order valence-corrected chi connectivity index (χ1v) is 14.9. The molecule has 0 unspecified atom stereocenters. The minimum Gasteiger partial charge on any atom is -0.468 e. The summed E-state index contributed by atoms with van der Waals surface area (Å²) < 4.78 is 15.4.